The highest BCUT2D eigenvalue weighted by Crippen LogP contribution is 2.41. The van der Waals surface area contributed by atoms with Gasteiger partial charge in [-0.1, -0.05) is 24.3 Å². The van der Waals surface area contributed by atoms with E-state index < -0.39 is 5.69 Å². The van der Waals surface area contributed by atoms with E-state index in [1.807, 2.05) is 24.3 Å². The van der Waals surface area contributed by atoms with Crippen LogP contribution in [0.25, 0.3) is 5.95 Å². The maximum absolute atomic E-state index is 12.7. The van der Waals surface area contributed by atoms with E-state index >= 15 is 0 Å². The summed E-state index contributed by atoms with van der Waals surface area (Å²) in [6, 6.07) is 12.9. The molecule has 34 heavy (non-hydrogen) atoms. The number of benzene rings is 2. The van der Waals surface area contributed by atoms with E-state index in [0.29, 0.717) is 42.5 Å². The third-order valence-electron chi connectivity index (χ3n) is 5.43. The Morgan fingerprint density at radius 2 is 1.91 bits per heavy atom. The third kappa shape index (κ3) is 4.29. The number of ether oxygens (including phenoxy) is 2. The minimum atomic E-state index is -0.435. The van der Waals surface area contributed by atoms with Gasteiger partial charge in [-0.25, -0.2) is 14.8 Å². The molecule has 3 heterocycles. The van der Waals surface area contributed by atoms with Gasteiger partial charge >= 0.3 is 5.69 Å². The molecule has 0 aliphatic carbocycles. The Balaban J connectivity index is 1.59. The van der Waals surface area contributed by atoms with Crippen LogP contribution in [-0.4, -0.2) is 43.8 Å². The van der Waals surface area contributed by atoms with Gasteiger partial charge < -0.3 is 15.2 Å². The fourth-order valence-corrected chi connectivity index (χ4v) is 4.37. The van der Waals surface area contributed by atoms with Crippen molar-refractivity contribution in [2.24, 2.45) is 5.73 Å². The number of halogens is 1. The van der Waals surface area contributed by atoms with Crippen LogP contribution >= 0.6 is 15.9 Å². The van der Waals surface area contributed by atoms with Gasteiger partial charge in [-0.05, 0) is 51.7 Å². The van der Waals surface area contributed by atoms with Crippen LogP contribution in [0.3, 0.4) is 0 Å². The number of fused-ring (bicyclic) bond motifs is 1. The molecule has 5 rings (SSSR count). The van der Waals surface area contributed by atoms with Gasteiger partial charge in [0.15, 0.2) is 11.5 Å². The molecular weight excluding hydrogens is 502 g/mol. The summed E-state index contributed by atoms with van der Waals surface area (Å²) in [7, 11) is 0. The zero-order valence-corrected chi connectivity index (χ0v) is 19.4. The minimum Gasteiger partial charge on any atom is -0.486 e. The van der Waals surface area contributed by atoms with Crippen molar-refractivity contribution in [1.29, 1.82) is 5.41 Å². The van der Waals surface area contributed by atoms with Gasteiger partial charge in [-0.3, -0.25) is 10.4 Å². The van der Waals surface area contributed by atoms with Crippen molar-refractivity contribution in [1.82, 2.24) is 24.7 Å². The standard InChI is InChI=1S/C23H20BrN7O3/c24-17-11-15(12-18-19(17)34-9-8-33-18)16(10-13-2-4-14(5-3-13)20(25)26)21-29-23(32)31(30-21)22-27-6-1-7-28-22/h1-7,11-12,16H,8-10H2,(H3,25,26)(H,29,30,32). The summed E-state index contributed by atoms with van der Waals surface area (Å²) < 4.78 is 13.4. The third-order valence-corrected chi connectivity index (χ3v) is 6.02. The zero-order valence-electron chi connectivity index (χ0n) is 17.9. The number of nitrogens with two attached hydrogens (primary N) is 1. The van der Waals surface area contributed by atoms with Crippen LogP contribution in [0.1, 0.15) is 28.4 Å². The summed E-state index contributed by atoms with van der Waals surface area (Å²) in [6.45, 7) is 0.933. The number of nitrogens with one attached hydrogen (secondary N) is 2. The van der Waals surface area contributed by atoms with E-state index in [9.17, 15) is 4.79 Å². The molecule has 4 aromatic rings. The van der Waals surface area contributed by atoms with Gasteiger partial charge in [-0.15, -0.1) is 9.78 Å². The average Bonchev–Trinajstić information content (AvgIpc) is 3.24. The van der Waals surface area contributed by atoms with Crippen molar-refractivity contribution in [3.63, 3.8) is 0 Å². The molecule has 0 saturated carbocycles. The lowest BCUT2D eigenvalue weighted by atomic mass is 9.90. The fourth-order valence-electron chi connectivity index (χ4n) is 3.79. The summed E-state index contributed by atoms with van der Waals surface area (Å²) >= 11 is 3.58. The number of aromatic amines is 1. The molecule has 2 aromatic heterocycles. The van der Waals surface area contributed by atoms with Crippen molar-refractivity contribution in [2.45, 2.75) is 12.3 Å². The lowest BCUT2D eigenvalue weighted by Gasteiger charge is -2.23. The van der Waals surface area contributed by atoms with Crippen molar-refractivity contribution >= 4 is 21.8 Å². The molecule has 10 nitrogen and oxygen atoms in total. The molecule has 1 atom stereocenters. The number of hydrogen-bond acceptors (Lipinski definition) is 7. The maximum Gasteiger partial charge on any atom is 0.350 e. The second-order valence-corrected chi connectivity index (χ2v) is 8.52. The van der Waals surface area contributed by atoms with Crippen molar-refractivity contribution < 1.29 is 9.47 Å². The molecule has 11 heteroatoms. The topological polar surface area (TPSA) is 145 Å². The summed E-state index contributed by atoms with van der Waals surface area (Å²) in [5.41, 5.74) is 7.65. The van der Waals surface area contributed by atoms with Crippen LogP contribution in [0.5, 0.6) is 11.5 Å². The number of rotatable bonds is 6. The summed E-state index contributed by atoms with van der Waals surface area (Å²) in [4.78, 5) is 23.8. The van der Waals surface area contributed by atoms with Gasteiger partial charge in [0.1, 0.15) is 24.9 Å². The summed E-state index contributed by atoms with van der Waals surface area (Å²) in [5, 5.41) is 12.1. The van der Waals surface area contributed by atoms with Crippen LogP contribution in [0, 0.1) is 5.41 Å². The molecule has 0 radical (unpaired) electrons. The quantitative estimate of drug-likeness (QED) is 0.261. The molecule has 1 unspecified atom stereocenters. The van der Waals surface area contributed by atoms with E-state index in [0.717, 1.165) is 20.3 Å². The predicted octanol–water partition coefficient (Wildman–Crippen LogP) is 2.54. The molecule has 1 aliphatic rings. The first-order chi connectivity index (χ1) is 16.5. The second kappa shape index (κ2) is 9.10. The lowest BCUT2D eigenvalue weighted by Crippen LogP contribution is -2.18. The molecule has 2 aromatic carbocycles. The van der Waals surface area contributed by atoms with Crippen LogP contribution < -0.4 is 20.9 Å². The molecule has 1 aliphatic heterocycles. The molecular formula is C23H20BrN7O3. The first-order valence-electron chi connectivity index (χ1n) is 10.5. The number of nitrogen functional groups attached to an aromatic ring is 1. The van der Waals surface area contributed by atoms with Crippen molar-refractivity contribution in [2.75, 3.05) is 13.2 Å². The smallest absolute Gasteiger partial charge is 0.350 e. The zero-order chi connectivity index (χ0) is 23.7. The number of H-pyrrole nitrogens is 1. The van der Waals surface area contributed by atoms with E-state index in [1.54, 1.807) is 30.6 Å². The van der Waals surface area contributed by atoms with E-state index in [-0.39, 0.29) is 17.7 Å². The average molecular weight is 522 g/mol. The number of hydrogen-bond donors (Lipinski definition) is 3. The van der Waals surface area contributed by atoms with Crippen LogP contribution in [0.15, 0.2) is 64.1 Å². The Hall–Kier alpha value is -3.99. The second-order valence-electron chi connectivity index (χ2n) is 7.67. The van der Waals surface area contributed by atoms with Gasteiger partial charge in [0.05, 0.1) is 4.47 Å². The van der Waals surface area contributed by atoms with Gasteiger partial charge in [0.25, 0.3) is 5.95 Å². The van der Waals surface area contributed by atoms with Gasteiger partial charge in [0.2, 0.25) is 0 Å². The molecule has 0 saturated heterocycles. The molecule has 0 fully saturated rings. The first-order valence-corrected chi connectivity index (χ1v) is 11.3. The predicted molar refractivity (Wildman–Crippen MR) is 128 cm³/mol. The van der Waals surface area contributed by atoms with Crippen molar-refractivity contribution in [3.8, 4) is 17.4 Å². The highest BCUT2D eigenvalue weighted by Gasteiger charge is 2.25. The van der Waals surface area contributed by atoms with E-state index in [4.69, 9.17) is 20.6 Å². The largest absolute Gasteiger partial charge is 0.486 e. The lowest BCUT2D eigenvalue weighted by molar-refractivity contribution is 0.170. The Labute approximate surface area is 202 Å². The van der Waals surface area contributed by atoms with Gasteiger partial charge in [0, 0.05) is 23.9 Å². The van der Waals surface area contributed by atoms with Crippen LogP contribution in [-0.2, 0) is 6.42 Å². The first kappa shape index (κ1) is 21.8. The SMILES string of the molecule is N=C(N)c1ccc(CC(c2cc(Br)c3c(c2)OCCO3)c2nn(-c3ncccn3)c(=O)[nH]2)cc1. The fraction of sp³-hybridized carbons (Fsp3) is 0.174. The molecule has 4 N–H and O–H groups in total. The highest BCUT2D eigenvalue weighted by atomic mass is 79.9. The highest BCUT2D eigenvalue weighted by molar-refractivity contribution is 9.10. The molecule has 0 bridgehead atoms. The van der Waals surface area contributed by atoms with E-state index in [2.05, 4.69) is 36.0 Å². The Bertz CT molecular complexity index is 1400. The van der Waals surface area contributed by atoms with Crippen LogP contribution in [0.2, 0.25) is 0 Å². The minimum absolute atomic E-state index is 0.00445. The summed E-state index contributed by atoms with van der Waals surface area (Å²) in [5.74, 6) is 1.59. The number of amidine groups is 1. The van der Waals surface area contributed by atoms with E-state index in [1.165, 1.54) is 0 Å². The number of nitrogens with zero attached hydrogens (tertiary/aromatic N) is 4. The number of aromatic nitrogens is 5. The normalized spacial score (nSPS) is 13.4. The molecule has 0 spiro atoms. The Morgan fingerprint density at radius 1 is 1.18 bits per heavy atom. The van der Waals surface area contributed by atoms with Gasteiger partial charge in [-0.2, -0.15) is 0 Å². The molecule has 0 amide bonds. The van der Waals surface area contributed by atoms with Crippen molar-refractivity contribution in [3.05, 3.63) is 92.3 Å². The monoisotopic (exact) mass is 521 g/mol. The molecule has 172 valence electrons. The Morgan fingerprint density at radius 3 is 2.65 bits per heavy atom. The van der Waals surface area contributed by atoms with Crippen LogP contribution in [0.4, 0.5) is 0 Å². The maximum atomic E-state index is 12.7. The Kier molecular flexibility index (Phi) is 5.84. The summed E-state index contributed by atoms with van der Waals surface area (Å²) in [6.07, 6.45) is 3.62.